The number of hydrogen-bond acceptors (Lipinski definition) is 5. The van der Waals surface area contributed by atoms with Crippen molar-refractivity contribution in [1.29, 1.82) is 0 Å². The maximum Gasteiger partial charge on any atom is 0.273 e. The van der Waals surface area contributed by atoms with Crippen molar-refractivity contribution in [2.24, 2.45) is 0 Å². The van der Waals surface area contributed by atoms with Crippen molar-refractivity contribution in [2.45, 2.75) is 6.54 Å². The van der Waals surface area contributed by atoms with Gasteiger partial charge in [-0.1, -0.05) is 23.4 Å². The lowest BCUT2D eigenvalue weighted by molar-refractivity contribution is 0.0941. The van der Waals surface area contributed by atoms with E-state index in [-0.39, 0.29) is 17.8 Å². The molecule has 0 radical (unpaired) electrons. The van der Waals surface area contributed by atoms with E-state index < -0.39 is 17.6 Å². The van der Waals surface area contributed by atoms with Gasteiger partial charge in [-0.25, -0.2) is 4.39 Å². The molecular formula is C22H16FN3O4. The molecule has 0 atom stereocenters. The molecule has 8 heteroatoms. The second-order valence-electron chi connectivity index (χ2n) is 6.40. The fourth-order valence-corrected chi connectivity index (χ4v) is 2.78. The number of carbonyl (C=O) groups excluding carboxylic acids is 2. The number of amides is 2. The van der Waals surface area contributed by atoms with Gasteiger partial charge in [0.05, 0.1) is 6.26 Å². The average molecular weight is 405 g/mol. The number of anilines is 1. The van der Waals surface area contributed by atoms with Gasteiger partial charge in [0.25, 0.3) is 11.8 Å². The third-order valence-electron chi connectivity index (χ3n) is 4.23. The van der Waals surface area contributed by atoms with Crippen LogP contribution in [0.4, 0.5) is 10.1 Å². The van der Waals surface area contributed by atoms with Crippen LogP contribution in [-0.2, 0) is 6.54 Å². The van der Waals surface area contributed by atoms with Crippen LogP contribution in [0.2, 0.25) is 0 Å². The van der Waals surface area contributed by atoms with Crippen LogP contribution in [0.3, 0.4) is 0 Å². The molecule has 2 aromatic carbocycles. The quantitative estimate of drug-likeness (QED) is 0.500. The van der Waals surface area contributed by atoms with Crippen LogP contribution < -0.4 is 10.6 Å². The number of nitrogens with zero attached hydrogens (tertiary/aromatic N) is 1. The molecule has 2 amide bonds. The molecule has 0 bridgehead atoms. The molecule has 4 rings (SSSR count). The number of carbonyl (C=O) groups is 2. The van der Waals surface area contributed by atoms with Crippen molar-refractivity contribution in [3.8, 4) is 11.5 Å². The Bertz CT molecular complexity index is 1180. The maximum atomic E-state index is 13.3. The summed E-state index contributed by atoms with van der Waals surface area (Å²) in [5.74, 6) is -0.493. The van der Waals surface area contributed by atoms with Crippen LogP contribution in [0.1, 0.15) is 26.4 Å². The van der Waals surface area contributed by atoms with E-state index in [1.165, 1.54) is 30.5 Å². The van der Waals surface area contributed by atoms with Gasteiger partial charge in [0.1, 0.15) is 5.82 Å². The van der Waals surface area contributed by atoms with E-state index in [0.29, 0.717) is 17.2 Å². The summed E-state index contributed by atoms with van der Waals surface area (Å²) >= 11 is 0. The summed E-state index contributed by atoms with van der Waals surface area (Å²) < 4.78 is 23.6. The summed E-state index contributed by atoms with van der Waals surface area (Å²) in [5, 5.41) is 9.19. The van der Waals surface area contributed by atoms with Gasteiger partial charge in [-0.15, -0.1) is 0 Å². The molecule has 4 aromatic rings. The Kier molecular flexibility index (Phi) is 5.38. The first-order valence-electron chi connectivity index (χ1n) is 9.03. The third-order valence-corrected chi connectivity index (χ3v) is 4.23. The van der Waals surface area contributed by atoms with Crippen LogP contribution in [0, 0.1) is 5.82 Å². The van der Waals surface area contributed by atoms with Gasteiger partial charge in [0, 0.05) is 23.9 Å². The van der Waals surface area contributed by atoms with E-state index in [0.717, 1.165) is 11.6 Å². The van der Waals surface area contributed by atoms with Gasteiger partial charge in [0.15, 0.2) is 11.5 Å². The highest BCUT2D eigenvalue weighted by atomic mass is 19.1. The minimum absolute atomic E-state index is 0.122. The highest BCUT2D eigenvalue weighted by Crippen LogP contribution is 2.20. The lowest BCUT2D eigenvalue weighted by Crippen LogP contribution is -2.23. The summed E-state index contributed by atoms with van der Waals surface area (Å²) in [7, 11) is 0. The molecule has 0 unspecified atom stereocenters. The zero-order valence-electron chi connectivity index (χ0n) is 15.6. The topological polar surface area (TPSA) is 97.4 Å². The van der Waals surface area contributed by atoms with Crippen molar-refractivity contribution in [2.75, 3.05) is 5.32 Å². The molecule has 0 fully saturated rings. The monoisotopic (exact) mass is 405 g/mol. The first kappa shape index (κ1) is 19.1. The van der Waals surface area contributed by atoms with Crippen molar-refractivity contribution in [3.05, 3.63) is 95.6 Å². The van der Waals surface area contributed by atoms with Crippen molar-refractivity contribution >= 4 is 17.5 Å². The number of rotatable bonds is 6. The predicted molar refractivity (Wildman–Crippen MR) is 106 cm³/mol. The fraction of sp³-hybridized carbons (Fsp3) is 0.0455. The second-order valence-corrected chi connectivity index (χ2v) is 6.40. The molecule has 0 saturated heterocycles. The number of nitrogens with one attached hydrogen (secondary N) is 2. The van der Waals surface area contributed by atoms with Gasteiger partial charge in [-0.2, -0.15) is 0 Å². The van der Waals surface area contributed by atoms with Crippen molar-refractivity contribution < 1.29 is 22.9 Å². The lowest BCUT2D eigenvalue weighted by Gasteiger charge is -2.08. The Morgan fingerprint density at radius 3 is 2.60 bits per heavy atom. The van der Waals surface area contributed by atoms with E-state index in [9.17, 15) is 14.0 Å². The van der Waals surface area contributed by atoms with E-state index in [1.54, 1.807) is 36.4 Å². The summed E-state index contributed by atoms with van der Waals surface area (Å²) in [6.07, 6.45) is 1.50. The summed E-state index contributed by atoms with van der Waals surface area (Å²) in [6.45, 7) is 0.214. The van der Waals surface area contributed by atoms with Gasteiger partial charge in [-0.3, -0.25) is 9.59 Å². The zero-order chi connectivity index (χ0) is 20.9. The third kappa shape index (κ3) is 4.44. The molecule has 2 heterocycles. The molecule has 2 N–H and O–H groups in total. The molecule has 0 aliphatic heterocycles. The lowest BCUT2D eigenvalue weighted by atomic mass is 10.1. The molecule has 30 heavy (non-hydrogen) atoms. The molecular weight excluding hydrogens is 389 g/mol. The normalized spacial score (nSPS) is 10.6. The molecule has 2 aromatic heterocycles. The second kappa shape index (κ2) is 8.44. The van der Waals surface area contributed by atoms with Crippen LogP contribution in [-0.4, -0.2) is 17.0 Å². The molecule has 7 nitrogen and oxygen atoms in total. The molecule has 150 valence electrons. The Balaban J connectivity index is 1.37. The molecule has 0 spiro atoms. The van der Waals surface area contributed by atoms with Crippen molar-refractivity contribution in [1.82, 2.24) is 10.5 Å². The standard InChI is InChI=1S/C22H16FN3O4/c23-16-6-2-5-15(11-16)21(27)25-17-7-1-4-14(10-17)13-24-22(28)18-12-20(30-26-18)19-8-3-9-29-19/h1-12H,13H2,(H,24,28)(H,25,27). The van der Waals surface area contributed by atoms with Gasteiger partial charge < -0.3 is 19.6 Å². The number of aromatic nitrogens is 1. The number of benzene rings is 2. The van der Waals surface area contributed by atoms with Gasteiger partial charge in [-0.05, 0) is 48.0 Å². The Labute approximate surface area is 170 Å². The van der Waals surface area contributed by atoms with Crippen LogP contribution in [0.25, 0.3) is 11.5 Å². The summed E-state index contributed by atoms with van der Waals surface area (Å²) in [5.41, 5.74) is 1.62. The SMILES string of the molecule is O=C(Nc1cccc(CNC(=O)c2cc(-c3ccco3)on2)c1)c1cccc(F)c1. The first-order chi connectivity index (χ1) is 14.6. The highest BCUT2D eigenvalue weighted by molar-refractivity contribution is 6.04. The molecule has 0 saturated carbocycles. The highest BCUT2D eigenvalue weighted by Gasteiger charge is 2.15. The van der Waals surface area contributed by atoms with Gasteiger partial charge >= 0.3 is 0 Å². The number of hydrogen-bond donors (Lipinski definition) is 2. The Morgan fingerprint density at radius 2 is 1.80 bits per heavy atom. The fourth-order valence-electron chi connectivity index (χ4n) is 2.78. The van der Waals surface area contributed by atoms with E-state index >= 15 is 0 Å². The van der Waals surface area contributed by atoms with Crippen LogP contribution in [0.15, 0.2) is 81.9 Å². The van der Waals surface area contributed by atoms with E-state index in [1.807, 2.05) is 0 Å². The zero-order valence-corrected chi connectivity index (χ0v) is 15.6. The van der Waals surface area contributed by atoms with Crippen molar-refractivity contribution in [3.63, 3.8) is 0 Å². The van der Waals surface area contributed by atoms with Crippen LogP contribution in [0.5, 0.6) is 0 Å². The summed E-state index contributed by atoms with van der Waals surface area (Å²) in [4.78, 5) is 24.6. The minimum atomic E-state index is -0.484. The molecule has 0 aliphatic rings. The average Bonchev–Trinajstić information content (AvgIpc) is 3.44. The Morgan fingerprint density at radius 1 is 0.933 bits per heavy atom. The largest absolute Gasteiger partial charge is 0.461 e. The predicted octanol–water partition coefficient (Wildman–Crippen LogP) is 4.26. The van der Waals surface area contributed by atoms with Crippen LogP contribution >= 0.6 is 0 Å². The van der Waals surface area contributed by atoms with Gasteiger partial charge in [0.2, 0.25) is 5.76 Å². The smallest absolute Gasteiger partial charge is 0.273 e. The minimum Gasteiger partial charge on any atom is -0.461 e. The summed E-state index contributed by atoms with van der Waals surface area (Å²) in [6, 6.07) is 17.3. The van der Waals surface area contributed by atoms with E-state index in [2.05, 4.69) is 15.8 Å². The maximum absolute atomic E-state index is 13.3. The Hall–Kier alpha value is -4.20. The molecule has 0 aliphatic carbocycles. The van der Waals surface area contributed by atoms with E-state index in [4.69, 9.17) is 8.94 Å². The number of halogens is 1. The number of furan rings is 1. The first-order valence-corrected chi connectivity index (χ1v) is 9.03.